The number of amides is 1. The van der Waals surface area contributed by atoms with Crippen LogP contribution < -0.4 is 5.32 Å². The minimum Gasteiger partial charge on any atom is -0.325 e. The van der Waals surface area contributed by atoms with Crippen molar-refractivity contribution in [3.8, 4) is 16.5 Å². The van der Waals surface area contributed by atoms with Crippen molar-refractivity contribution in [1.82, 2.24) is 0 Å². The first-order valence-corrected chi connectivity index (χ1v) is 8.92. The number of aryl methyl sites for hydroxylation is 1. The Bertz CT molecular complexity index is 838. The van der Waals surface area contributed by atoms with Gasteiger partial charge in [0.25, 0.3) is 0 Å². The van der Waals surface area contributed by atoms with E-state index in [4.69, 9.17) is 5.26 Å². The number of hydrogen-bond acceptors (Lipinski definition) is 3. The van der Waals surface area contributed by atoms with E-state index >= 15 is 0 Å². The third kappa shape index (κ3) is 2.11. The highest BCUT2D eigenvalue weighted by molar-refractivity contribution is 7.16. The number of anilines is 1. The summed E-state index contributed by atoms with van der Waals surface area (Å²) in [5.41, 5.74) is 4.05. The molecular weight excluding hydrogens is 304 g/mol. The maximum Gasteiger partial charge on any atom is 0.235 e. The van der Waals surface area contributed by atoms with E-state index in [2.05, 4.69) is 23.5 Å². The second-order valence-corrected chi connectivity index (χ2v) is 7.64. The number of hydrogen-bond donors (Lipinski definition) is 1. The number of benzene rings is 1. The number of nitrogens with one attached hydrogen (secondary N) is 1. The van der Waals surface area contributed by atoms with Crippen LogP contribution in [0.4, 0.5) is 5.69 Å². The Morgan fingerprint density at radius 1 is 1.22 bits per heavy atom. The summed E-state index contributed by atoms with van der Waals surface area (Å²) in [5.74, 6) is 0.171. The van der Waals surface area contributed by atoms with Crippen LogP contribution in [0.25, 0.3) is 10.4 Å². The molecule has 2 aromatic rings. The summed E-state index contributed by atoms with van der Waals surface area (Å²) in [6.07, 6.45) is 5.35. The van der Waals surface area contributed by atoms with E-state index < -0.39 is 0 Å². The van der Waals surface area contributed by atoms with Gasteiger partial charge in [0.1, 0.15) is 10.9 Å². The summed E-state index contributed by atoms with van der Waals surface area (Å²) in [7, 11) is 0. The first-order chi connectivity index (χ1) is 11.1. The summed E-state index contributed by atoms with van der Waals surface area (Å²) in [6.45, 7) is 2.04. The SMILES string of the molecule is Cc1cc(C#N)sc1-c1ccc2c(c1)C1(CCCCC1)C(=O)N2. The predicted octanol–water partition coefficient (Wildman–Crippen LogP) is 4.75. The molecule has 2 aliphatic rings. The monoisotopic (exact) mass is 322 g/mol. The van der Waals surface area contributed by atoms with Crippen molar-refractivity contribution in [3.63, 3.8) is 0 Å². The van der Waals surface area contributed by atoms with Gasteiger partial charge in [0, 0.05) is 10.6 Å². The lowest BCUT2D eigenvalue weighted by atomic mass is 9.70. The molecule has 1 amide bonds. The van der Waals surface area contributed by atoms with Gasteiger partial charge < -0.3 is 5.32 Å². The summed E-state index contributed by atoms with van der Waals surface area (Å²) >= 11 is 1.53. The zero-order valence-electron chi connectivity index (χ0n) is 13.1. The van der Waals surface area contributed by atoms with Gasteiger partial charge in [0.15, 0.2) is 0 Å². The van der Waals surface area contributed by atoms with E-state index in [-0.39, 0.29) is 11.3 Å². The lowest BCUT2D eigenvalue weighted by Gasteiger charge is -2.31. The van der Waals surface area contributed by atoms with Crippen molar-refractivity contribution in [2.24, 2.45) is 0 Å². The van der Waals surface area contributed by atoms with Crippen LogP contribution in [0.1, 0.15) is 48.1 Å². The van der Waals surface area contributed by atoms with Gasteiger partial charge in [0.2, 0.25) is 5.91 Å². The first-order valence-electron chi connectivity index (χ1n) is 8.11. The largest absolute Gasteiger partial charge is 0.325 e. The third-order valence-electron chi connectivity index (χ3n) is 5.22. The van der Waals surface area contributed by atoms with E-state index in [1.807, 2.05) is 19.1 Å². The highest BCUT2D eigenvalue weighted by Crippen LogP contribution is 2.49. The van der Waals surface area contributed by atoms with Crippen molar-refractivity contribution in [2.45, 2.75) is 44.4 Å². The molecule has 1 N–H and O–H groups in total. The molecule has 1 saturated carbocycles. The Morgan fingerprint density at radius 3 is 2.70 bits per heavy atom. The van der Waals surface area contributed by atoms with Gasteiger partial charge in [-0.1, -0.05) is 25.3 Å². The van der Waals surface area contributed by atoms with Gasteiger partial charge in [0.05, 0.1) is 5.41 Å². The lowest BCUT2D eigenvalue weighted by molar-refractivity contribution is -0.121. The molecule has 1 aliphatic heterocycles. The number of nitriles is 1. The van der Waals surface area contributed by atoms with Gasteiger partial charge in [-0.3, -0.25) is 4.79 Å². The Kier molecular flexibility index (Phi) is 3.28. The molecule has 1 aromatic heterocycles. The van der Waals surface area contributed by atoms with Gasteiger partial charge >= 0.3 is 0 Å². The van der Waals surface area contributed by atoms with Crippen molar-refractivity contribution in [2.75, 3.05) is 5.32 Å². The number of rotatable bonds is 1. The fourth-order valence-electron chi connectivity index (χ4n) is 4.03. The molecule has 0 radical (unpaired) electrons. The fourth-order valence-corrected chi connectivity index (χ4v) is 5.00. The zero-order valence-corrected chi connectivity index (χ0v) is 13.9. The molecule has 4 heteroatoms. The average Bonchev–Trinajstić information content (AvgIpc) is 3.07. The van der Waals surface area contributed by atoms with Crippen molar-refractivity contribution in [3.05, 3.63) is 40.3 Å². The molecule has 0 atom stereocenters. The molecule has 1 aliphatic carbocycles. The Hall–Kier alpha value is -2.12. The molecule has 4 rings (SSSR count). The molecule has 0 saturated heterocycles. The summed E-state index contributed by atoms with van der Waals surface area (Å²) in [6, 6.07) is 10.4. The van der Waals surface area contributed by atoms with E-state index in [1.165, 1.54) is 17.8 Å². The second-order valence-electron chi connectivity index (χ2n) is 6.59. The van der Waals surface area contributed by atoms with Crippen LogP contribution in [0.5, 0.6) is 0 Å². The van der Waals surface area contributed by atoms with E-state index in [9.17, 15) is 4.79 Å². The Balaban J connectivity index is 1.84. The molecule has 1 aromatic carbocycles. The first kappa shape index (κ1) is 14.5. The second kappa shape index (κ2) is 5.21. The predicted molar refractivity (Wildman–Crippen MR) is 92.6 cm³/mol. The molecule has 0 bridgehead atoms. The van der Waals surface area contributed by atoms with Crippen molar-refractivity contribution >= 4 is 22.9 Å². The van der Waals surface area contributed by atoms with E-state index in [0.29, 0.717) is 0 Å². The minimum absolute atomic E-state index is 0.171. The standard InChI is InChI=1S/C19H18N2OS/c1-12-9-14(11-20)23-17(12)13-5-6-16-15(10-13)19(18(22)21-16)7-3-2-4-8-19/h5-6,9-10H,2-4,7-8H2,1H3,(H,21,22). The van der Waals surface area contributed by atoms with Gasteiger partial charge in [-0.05, 0) is 54.7 Å². The number of carbonyl (C=O) groups is 1. The lowest BCUT2D eigenvalue weighted by Crippen LogP contribution is -2.36. The van der Waals surface area contributed by atoms with Crippen LogP contribution in [0, 0.1) is 18.3 Å². The van der Waals surface area contributed by atoms with E-state index in [1.54, 1.807) is 0 Å². The smallest absolute Gasteiger partial charge is 0.235 e. The van der Waals surface area contributed by atoms with Crippen molar-refractivity contribution < 1.29 is 4.79 Å². The minimum atomic E-state index is -0.327. The van der Waals surface area contributed by atoms with Crippen LogP contribution in [0.2, 0.25) is 0 Å². The van der Waals surface area contributed by atoms with Crippen LogP contribution in [0.3, 0.4) is 0 Å². The molecular formula is C19H18N2OS. The highest BCUT2D eigenvalue weighted by Gasteiger charge is 2.47. The summed E-state index contributed by atoms with van der Waals surface area (Å²) in [5, 5.41) is 12.2. The van der Waals surface area contributed by atoms with Gasteiger partial charge in [-0.2, -0.15) is 5.26 Å². The normalized spacial score (nSPS) is 18.5. The summed E-state index contributed by atoms with van der Waals surface area (Å²) in [4.78, 5) is 14.5. The van der Waals surface area contributed by atoms with Crippen LogP contribution in [-0.4, -0.2) is 5.91 Å². The number of thiophene rings is 1. The molecule has 3 nitrogen and oxygen atoms in total. The molecule has 0 unspecified atom stereocenters. The number of fused-ring (bicyclic) bond motifs is 2. The fraction of sp³-hybridized carbons (Fsp3) is 0.368. The Labute approximate surface area is 140 Å². The molecule has 1 spiro atoms. The molecule has 2 heterocycles. The maximum atomic E-state index is 12.6. The van der Waals surface area contributed by atoms with Crippen molar-refractivity contribution in [1.29, 1.82) is 5.26 Å². The summed E-state index contributed by atoms with van der Waals surface area (Å²) < 4.78 is 0. The van der Waals surface area contributed by atoms with Crippen LogP contribution in [-0.2, 0) is 10.2 Å². The quantitative estimate of drug-likeness (QED) is 0.823. The van der Waals surface area contributed by atoms with Gasteiger partial charge in [-0.25, -0.2) is 0 Å². The van der Waals surface area contributed by atoms with Crippen LogP contribution >= 0.6 is 11.3 Å². The third-order valence-corrected chi connectivity index (χ3v) is 6.41. The van der Waals surface area contributed by atoms with Gasteiger partial charge in [-0.15, -0.1) is 11.3 Å². The molecule has 116 valence electrons. The molecule has 1 fully saturated rings. The van der Waals surface area contributed by atoms with E-state index in [0.717, 1.165) is 57.8 Å². The highest BCUT2D eigenvalue weighted by atomic mass is 32.1. The maximum absolute atomic E-state index is 12.6. The Morgan fingerprint density at radius 2 is 2.00 bits per heavy atom. The van der Waals surface area contributed by atoms with Crippen LogP contribution in [0.15, 0.2) is 24.3 Å². The number of carbonyl (C=O) groups excluding carboxylic acids is 1. The number of nitrogens with zero attached hydrogens (tertiary/aromatic N) is 1. The average molecular weight is 322 g/mol. The topological polar surface area (TPSA) is 52.9 Å². The molecule has 23 heavy (non-hydrogen) atoms. The zero-order chi connectivity index (χ0) is 16.0.